The topological polar surface area (TPSA) is 49.4 Å². The molecule has 0 aromatic heterocycles. The minimum atomic E-state index is -3.09. The number of sulfone groups is 1. The molecule has 6 heteroatoms. The van der Waals surface area contributed by atoms with Crippen LogP contribution in [0.15, 0.2) is 29.2 Å². The summed E-state index contributed by atoms with van der Waals surface area (Å²) in [5.41, 5.74) is 1.16. The first-order valence-corrected chi connectivity index (χ1v) is 8.51. The Kier molecular flexibility index (Phi) is 6.01. The number of halogens is 1. The van der Waals surface area contributed by atoms with Crippen molar-refractivity contribution in [3.8, 4) is 0 Å². The normalized spacial score (nSPS) is 24.1. The molecule has 0 saturated carbocycles. The maximum absolute atomic E-state index is 11.4. The average Bonchev–Trinajstić information content (AvgIpc) is 2.26. The molecule has 1 fully saturated rings. The van der Waals surface area contributed by atoms with E-state index in [-0.39, 0.29) is 12.4 Å². The van der Waals surface area contributed by atoms with E-state index >= 15 is 0 Å². The van der Waals surface area contributed by atoms with Gasteiger partial charge in [0.15, 0.2) is 9.84 Å². The number of benzene rings is 1. The van der Waals surface area contributed by atoms with Gasteiger partial charge in [-0.05, 0) is 31.5 Å². The van der Waals surface area contributed by atoms with Crippen molar-refractivity contribution in [3.63, 3.8) is 0 Å². The second-order valence-electron chi connectivity index (χ2n) is 5.58. The molecule has 4 nitrogen and oxygen atoms in total. The standard InChI is InChI=1S/C14H22N2O2S.ClH/c1-11-8-16(9-12(2)15-11)10-13-4-6-14(7-5-13)19(3,17)18;/h4-7,11-12,15H,8-10H2,1-3H3;1H. The van der Waals surface area contributed by atoms with Crippen LogP contribution in [-0.4, -0.2) is 44.7 Å². The van der Waals surface area contributed by atoms with Gasteiger partial charge in [-0.25, -0.2) is 8.42 Å². The summed E-state index contributed by atoms with van der Waals surface area (Å²) in [4.78, 5) is 2.79. The maximum Gasteiger partial charge on any atom is 0.175 e. The van der Waals surface area contributed by atoms with Gasteiger partial charge >= 0.3 is 0 Å². The van der Waals surface area contributed by atoms with Crippen molar-refractivity contribution >= 4 is 22.2 Å². The summed E-state index contributed by atoms with van der Waals surface area (Å²) < 4.78 is 22.8. The van der Waals surface area contributed by atoms with Gasteiger partial charge in [0, 0.05) is 38.0 Å². The summed E-state index contributed by atoms with van der Waals surface area (Å²) in [6, 6.07) is 8.21. The number of nitrogens with one attached hydrogen (secondary N) is 1. The largest absolute Gasteiger partial charge is 0.309 e. The molecule has 1 heterocycles. The summed E-state index contributed by atoms with van der Waals surface area (Å²) in [6.07, 6.45) is 1.24. The minimum Gasteiger partial charge on any atom is -0.309 e. The first kappa shape index (κ1) is 17.4. The summed E-state index contributed by atoms with van der Waals surface area (Å²) in [6.45, 7) is 7.31. The zero-order valence-electron chi connectivity index (χ0n) is 12.2. The van der Waals surface area contributed by atoms with E-state index in [9.17, 15) is 8.42 Å². The van der Waals surface area contributed by atoms with E-state index in [1.54, 1.807) is 12.1 Å². The second kappa shape index (κ2) is 6.89. The highest BCUT2D eigenvalue weighted by atomic mass is 35.5. The summed E-state index contributed by atoms with van der Waals surface area (Å²) in [7, 11) is -3.09. The summed E-state index contributed by atoms with van der Waals surface area (Å²) in [5, 5.41) is 3.50. The van der Waals surface area contributed by atoms with Crippen LogP contribution in [0.4, 0.5) is 0 Å². The van der Waals surface area contributed by atoms with Crippen molar-refractivity contribution in [2.75, 3.05) is 19.3 Å². The lowest BCUT2D eigenvalue weighted by Crippen LogP contribution is -2.53. The SMILES string of the molecule is CC1CN(Cc2ccc(S(C)(=O)=O)cc2)CC(C)N1.Cl. The van der Waals surface area contributed by atoms with Crippen molar-refractivity contribution in [1.82, 2.24) is 10.2 Å². The molecule has 1 aliphatic heterocycles. The van der Waals surface area contributed by atoms with E-state index in [1.165, 1.54) is 6.26 Å². The Morgan fingerprint density at radius 1 is 1.15 bits per heavy atom. The summed E-state index contributed by atoms with van der Waals surface area (Å²) >= 11 is 0. The monoisotopic (exact) mass is 318 g/mol. The highest BCUT2D eigenvalue weighted by molar-refractivity contribution is 7.90. The van der Waals surface area contributed by atoms with E-state index in [0.717, 1.165) is 25.2 Å². The molecular weight excluding hydrogens is 296 g/mol. The third kappa shape index (κ3) is 4.74. The Labute approximate surface area is 127 Å². The third-order valence-electron chi connectivity index (χ3n) is 3.39. The van der Waals surface area contributed by atoms with Gasteiger partial charge in [-0.2, -0.15) is 0 Å². The molecule has 0 spiro atoms. The van der Waals surface area contributed by atoms with E-state index in [2.05, 4.69) is 24.1 Å². The maximum atomic E-state index is 11.4. The number of rotatable bonds is 3. The van der Waals surface area contributed by atoms with E-state index in [1.807, 2.05) is 12.1 Å². The molecule has 0 radical (unpaired) electrons. The fraction of sp³-hybridized carbons (Fsp3) is 0.571. The Bertz CT molecular complexity index is 521. The molecule has 0 aliphatic carbocycles. The van der Waals surface area contributed by atoms with E-state index in [4.69, 9.17) is 0 Å². The van der Waals surface area contributed by atoms with Crippen LogP contribution < -0.4 is 5.32 Å². The van der Waals surface area contributed by atoms with Crippen LogP contribution in [0.2, 0.25) is 0 Å². The van der Waals surface area contributed by atoms with Crippen molar-refractivity contribution in [1.29, 1.82) is 0 Å². The molecule has 1 aliphatic rings. The lowest BCUT2D eigenvalue weighted by molar-refractivity contribution is 0.166. The van der Waals surface area contributed by atoms with Crippen molar-refractivity contribution in [2.45, 2.75) is 37.4 Å². The highest BCUT2D eigenvalue weighted by Crippen LogP contribution is 2.14. The lowest BCUT2D eigenvalue weighted by atomic mass is 10.1. The average molecular weight is 319 g/mol. The van der Waals surface area contributed by atoms with Crippen LogP contribution in [0.3, 0.4) is 0 Å². The Morgan fingerprint density at radius 2 is 1.65 bits per heavy atom. The smallest absolute Gasteiger partial charge is 0.175 e. The molecule has 1 saturated heterocycles. The van der Waals surface area contributed by atoms with Crippen molar-refractivity contribution in [3.05, 3.63) is 29.8 Å². The van der Waals surface area contributed by atoms with Gasteiger partial charge in [-0.3, -0.25) is 4.90 Å². The van der Waals surface area contributed by atoms with Gasteiger partial charge in [-0.1, -0.05) is 12.1 Å². The van der Waals surface area contributed by atoms with Crippen LogP contribution in [-0.2, 0) is 16.4 Å². The molecule has 20 heavy (non-hydrogen) atoms. The van der Waals surface area contributed by atoms with Crippen molar-refractivity contribution < 1.29 is 8.42 Å². The van der Waals surface area contributed by atoms with Crippen LogP contribution in [0.25, 0.3) is 0 Å². The lowest BCUT2D eigenvalue weighted by Gasteiger charge is -2.36. The van der Waals surface area contributed by atoms with Crippen LogP contribution in [0.5, 0.6) is 0 Å². The van der Waals surface area contributed by atoms with Gasteiger partial charge in [0.25, 0.3) is 0 Å². The van der Waals surface area contributed by atoms with Crippen LogP contribution in [0.1, 0.15) is 19.4 Å². The summed E-state index contributed by atoms with van der Waals surface area (Å²) in [5.74, 6) is 0. The second-order valence-corrected chi connectivity index (χ2v) is 7.59. The molecule has 2 unspecified atom stereocenters. The first-order chi connectivity index (χ1) is 8.84. The fourth-order valence-corrected chi connectivity index (χ4v) is 3.30. The van der Waals surface area contributed by atoms with Gasteiger partial charge in [-0.15, -0.1) is 12.4 Å². The predicted octanol–water partition coefficient (Wildman–Crippen LogP) is 1.69. The van der Waals surface area contributed by atoms with E-state index < -0.39 is 9.84 Å². The fourth-order valence-electron chi connectivity index (χ4n) is 2.67. The van der Waals surface area contributed by atoms with E-state index in [0.29, 0.717) is 17.0 Å². The zero-order chi connectivity index (χ0) is 14.0. The molecule has 0 bridgehead atoms. The Morgan fingerprint density at radius 3 is 2.10 bits per heavy atom. The molecule has 1 aromatic carbocycles. The van der Waals surface area contributed by atoms with Crippen LogP contribution >= 0.6 is 12.4 Å². The number of piperazine rings is 1. The number of nitrogens with zero attached hydrogens (tertiary/aromatic N) is 1. The van der Waals surface area contributed by atoms with Crippen LogP contribution in [0, 0.1) is 0 Å². The van der Waals surface area contributed by atoms with Crippen molar-refractivity contribution in [2.24, 2.45) is 0 Å². The molecule has 1 aromatic rings. The highest BCUT2D eigenvalue weighted by Gasteiger charge is 2.20. The third-order valence-corrected chi connectivity index (χ3v) is 4.52. The first-order valence-electron chi connectivity index (χ1n) is 6.62. The Balaban J connectivity index is 0.00000200. The van der Waals surface area contributed by atoms with Gasteiger partial charge in [0.05, 0.1) is 4.90 Å². The molecule has 0 amide bonds. The van der Waals surface area contributed by atoms with Gasteiger partial charge in [0.2, 0.25) is 0 Å². The predicted molar refractivity (Wildman–Crippen MR) is 84.1 cm³/mol. The zero-order valence-corrected chi connectivity index (χ0v) is 13.8. The minimum absolute atomic E-state index is 0. The molecule has 2 atom stereocenters. The molecule has 114 valence electrons. The Hall–Kier alpha value is -0.620. The molecular formula is C14H23ClN2O2S. The molecule has 2 rings (SSSR count). The van der Waals surface area contributed by atoms with Gasteiger partial charge in [0.1, 0.15) is 0 Å². The molecule has 1 N–H and O–H groups in total. The number of hydrogen-bond acceptors (Lipinski definition) is 4. The number of hydrogen-bond donors (Lipinski definition) is 1. The van der Waals surface area contributed by atoms with Gasteiger partial charge < -0.3 is 5.32 Å². The quantitative estimate of drug-likeness (QED) is 0.921.